The summed E-state index contributed by atoms with van der Waals surface area (Å²) in [5, 5.41) is 0. The zero-order valence-corrected chi connectivity index (χ0v) is 8.01. The summed E-state index contributed by atoms with van der Waals surface area (Å²) in [5.74, 6) is 0. The molecule has 0 radical (unpaired) electrons. The molecule has 1 heterocycles. The molecule has 0 aliphatic heterocycles. The van der Waals surface area contributed by atoms with Crippen LogP contribution in [0.4, 0.5) is 13.2 Å². The van der Waals surface area contributed by atoms with Crippen LogP contribution in [0.5, 0.6) is 0 Å². The van der Waals surface area contributed by atoms with Gasteiger partial charge in [-0.3, -0.25) is 4.98 Å². The minimum absolute atomic E-state index is 0.212. The van der Waals surface area contributed by atoms with Crippen molar-refractivity contribution in [3.8, 4) is 0 Å². The summed E-state index contributed by atoms with van der Waals surface area (Å²) in [5.41, 5.74) is 6.34. The van der Waals surface area contributed by atoms with Crippen molar-refractivity contribution >= 4 is 0 Å². The first kappa shape index (κ1) is 10.4. The molecule has 2 rings (SSSR count). The third-order valence-corrected chi connectivity index (χ3v) is 2.64. The lowest BCUT2D eigenvalue weighted by atomic mass is 9.91. The predicted octanol–water partition coefficient (Wildman–Crippen LogP) is 2.44. The summed E-state index contributed by atoms with van der Waals surface area (Å²) >= 11 is 0. The second-order valence-corrected chi connectivity index (χ2v) is 3.76. The number of hydrogen-bond acceptors (Lipinski definition) is 2. The second kappa shape index (κ2) is 3.48. The topological polar surface area (TPSA) is 38.9 Å². The van der Waals surface area contributed by atoms with Gasteiger partial charge in [-0.15, -0.1) is 0 Å². The quantitative estimate of drug-likeness (QED) is 0.723. The van der Waals surface area contributed by atoms with Crippen LogP contribution in [0.1, 0.15) is 35.7 Å². The lowest BCUT2D eigenvalue weighted by Gasteiger charge is -2.21. The molecule has 1 unspecified atom stereocenters. The van der Waals surface area contributed by atoms with Crippen molar-refractivity contribution < 1.29 is 13.2 Å². The van der Waals surface area contributed by atoms with Crippen LogP contribution in [0.15, 0.2) is 12.3 Å². The van der Waals surface area contributed by atoms with Crippen LogP contribution in [-0.2, 0) is 12.6 Å². The smallest absolute Gasteiger partial charge is 0.323 e. The molecule has 0 fully saturated rings. The maximum absolute atomic E-state index is 12.4. The van der Waals surface area contributed by atoms with Gasteiger partial charge in [-0.2, -0.15) is 13.2 Å². The van der Waals surface area contributed by atoms with Gasteiger partial charge >= 0.3 is 6.18 Å². The molecule has 0 spiro atoms. The van der Waals surface area contributed by atoms with Crippen molar-refractivity contribution in [2.24, 2.45) is 5.73 Å². The molecule has 0 bridgehead atoms. The Hall–Kier alpha value is -1.10. The number of halogens is 3. The Labute approximate surface area is 85.3 Å². The van der Waals surface area contributed by atoms with Gasteiger partial charge in [-0.05, 0) is 30.9 Å². The monoisotopic (exact) mass is 216 g/mol. The maximum Gasteiger partial charge on any atom is 0.417 e. The van der Waals surface area contributed by atoms with Gasteiger partial charge in [0, 0.05) is 12.2 Å². The van der Waals surface area contributed by atoms with Crippen LogP contribution >= 0.6 is 0 Å². The molecule has 82 valence electrons. The molecule has 0 aromatic carbocycles. The fraction of sp³-hybridized carbons (Fsp3) is 0.500. The van der Waals surface area contributed by atoms with Crippen LogP contribution in [0.2, 0.25) is 0 Å². The summed E-state index contributed by atoms with van der Waals surface area (Å²) in [7, 11) is 0. The Morgan fingerprint density at radius 1 is 1.40 bits per heavy atom. The second-order valence-electron chi connectivity index (χ2n) is 3.76. The first-order valence-corrected chi connectivity index (χ1v) is 4.80. The molecule has 5 heteroatoms. The fourth-order valence-corrected chi connectivity index (χ4v) is 1.86. The van der Waals surface area contributed by atoms with E-state index < -0.39 is 11.7 Å². The van der Waals surface area contributed by atoms with Gasteiger partial charge in [-0.25, -0.2) is 0 Å². The molecule has 15 heavy (non-hydrogen) atoms. The Bertz CT molecular complexity index is 373. The molecule has 0 saturated carbocycles. The Morgan fingerprint density at radius 3 is 2.80 bits per heavy atom. The highest BCUT2D eigenvalue weighted by atomic mass is 19.4. The van der Waals surface area contributed by atoms with Crippen LogP contribution in [-0.4, -0.2) is 4.98 Å². The molecular weight excluding hydrogens is 205 g/mol. The first-order chi connectivity index (χ1) is 6.98. The van der Waals surface area contributed by atoms with E-state index in [0.717, 1.165) is 19.0 Å². The third-order valence-electron chi connectivity index (χ3n) is 2.64. The van der Waals surface area contributed by atoms with E-state index >= 15 is 0 Å². The van der Waals surface area contributed by atoms with E-state index in [4.69, 9.17) is 5.73 Å². The van der Waals surface area contributed by atoms with Crippen LogP contribution in [0.25, 0.3) is 0 Å². The maximum atomic E-state index is 12.4. The van der Waals surface area contributed by atoms with Crippen LogP contribution in [0.3, 0.4) is 0 Å². The Balaban J connectivity index is 2.42. The molecule has 1 aromatic rings. The van der Waals surface area contributed by atoms with E-state index in [2.05, 4.69) is 4.98 Å². The van der Waals surface area contributed by atoms with E-state index in [1.165, 1.54) is 6.07 Å². The zero-order chi connectivity index (χ0) is 11.1. The van der Waals surface area contributed by atoms with E-state index in [1.54, 1.807) is 0 Å². The number of pyridine rings is 1. The number of rotatable bonds is 0. The van der Waals surface area contributed by atoms with Gasteiger partial charge in [-0.1, -0.05) is 0 Å². The van der Waals surface area contributed by atoms with Gasteiger partial charge in [0.05, 0.1) is 11.3 Å². The highest BCUT2D eigenvalue weighted by Crippen LogP contribution is 2.33. The average molecular weight is 216 g/mol. The Morgan fingerprint density at radius 2 is 2.13 bits per heavy atom. The largest absolute Gasteiger partial charge is 0.417 e. The van der Waals surface area contributed by atoms with Gasteiger partial charge in [0.15, 0.2) is 0 Å². The van der Waals surface area contributed by atoms with Crippen molar-refractivity contribution in [3.05, 3.63) is 29.1 Å². The number of hydrogen-bond donors (Lipinski definition) is 1. The fourth-order valence-electron chi connectivity index (χ4n) is 1.86. The summed E-state index contributed by atoms with van der Waals surface area (Å²) in [6.45, 7) is 0. The molecule has 0 saturated heterocycles. The Kier molecular flexibility index (Phi) is 2.42. The highest BCUT2D eigenvalue weighted by Gasteiger charge is 2.32. The molecule has 2 nitrogen and oxygen atoms in total. The van der Waals surface area contributed by atoms with E-state index in [9.17, 15) is 13.2 Å². The summed E-state index contributed by atoms with van der Waals surface area (Å²) in [4.78, 5) is 3.82. The normalized spacial score (nSPS) is 21.2. The van der Waals surface area contributed by atoms with Gasteiger partial charge in [0.2, 0.25) is 0 Å². The molecule has 2 N–H and O–H groups in total. The van der Waals surface area contributed by atoms with Crippen molar-refractivity contribution in [1.82, 2.24) is 4.98 Å². The molecule has 1 atom stereocenters. The van der Waals surface area contributed by atoms with Crippen LogP contribution in [0, 0.1) is 0 Å². The number of aryl methyl sites for hydroxylation is 1. The summed E-state index contributed by atoms with van der Waals surface area (Å²) < 4.78 is 37.2. The molecule has 1 aromatic heterocycles. The van der Waals surface area contributed by atoms with Crippen LogP contribution < -0.4 is 5.73 Å². The van der Waals surface area contributed by atoms with E-state index in [0.29, 0.717) is 17.7 Å². The first-order valence-electron chi connectivity index (χ1n) is 4.80. The number of nitrogens with two attached hydrogens (primary N) is 1. The molecule has 0 amide bonds. The molecule has 1 aliphatic carbocycles. The van der Waals surface area contributed by atoms with Gasteiger partial charge in [0.1, 0.15) is 0 Å². The van der Waals surface area contributed by atoms with Crippen molar-refractivity contribution in [3.63, 3.8) is 0 Å². The average Bonchev–Trinajstić information content (AvgIpc) is 2.16. The number of nitrogens with zero attached hydrogens (tertiary/aromatic N) is 1. The lowest BCUT2D eigenvalue weighted by molar-refractivity contribution is -0.137. The molecule has 1 aliphatic rings. The minimum Gasteiger partial charge on any atom is -0.323 e. The summed E-state index contributed by atoms with van der Waals surface area (Å²) in [6.07, 6.45) is -1.18. The molecular formula is C10H11F3N2. The van der Waals surface area contributed by atoms with E-state index in [1.807, 2.05) is 0 Å². The summed E-state index contributed by atoms with van der Waals surface area (Å²) in [6, 6.07) is 0.956. The zero-order valence-electron chi connectivity index (χ0n) is 8.01. The predicted molar refractivity (Wildman–Crippen MR) is 49.1 cm³/mol. The number of aromatic nitrogens is 1. The van der Waals surface area contributed by atoms with Crippen molar-refractivity contribution in [2.45, 2.75) is 31.5 Å². The highest BCUT2D eigenvalue weighted by molar-refractivity contribution is 5.30. The number of fused-ring (bicyclic) bond motifs is 1. The standard InChI is InChI=1S/C10H11F3N2/c11-10(12,13)7-4-6-2-1-3-8(14)9(6)15-5-7/h4-5,8H,1-3,14H2. The number of alkyl halides is 3. The van der Waals surface area contributed by atoms with Gasteiger partial charge in [0.25, 0.3) is 0 Å². The van der Waals surface area contributed by atoms with E-state index in [-0.39, 0.29) is 6.04 Å². The lowest BCUT2D eigenvalue weighted by Crippen LogP contribution is -2.20. The van der Waals surface area contributed by atoms with Gasteiger partial charge < -0.3 is 5.73 Å². The van der Waals surface area contributed by atoms with Crippen molar-refractivity contribution in [1.29, 1.82) is 0 Å². The minimum atomic E-state index is -4.32. The SMILES string of the molecule is NC1CCCc2cc(C(F)(F)F)cnc21. The third kappa shape index (κ3) is 1.97. The van der Waals surface area contributed by atoms with Crippen molar-refractivity contribution in [2.75, 3.05) is 0 Å².